The lowest BCUT2D eigenvalue weighted by atomic mass is 10.0. The van der Waals surface area contributed by atoms with Gasteiger partial charge >= 0.3 is 0 Å². The van der Waals surface area contributed by atoms with Crippen molar-refractivity contribution in [2.75, 3.05) is 18.0 Å². The van der Waals surface area contributed by atoms with Crippen LogP contribution in [0.1, 0.15) is 25.3 Å². The first-order valence-corrected chi connectivity index (χ1v) is 8.87. The third-order valence-electron chi connectivity index (χ3n) is 4.79. The highest BCUT2D eigenvalue weighted by molar-refractivity contribution is 5.65. The highest BCUT2D eigenvalue weighted by atomic mass is 16.5. The summed E-state index contributed by atoms with van der Waals surface area (Å²) in [5.41, 5.74) is 4.09. The molecule has 0 bridgehead atoms. The van der Waals surface area contributed by atoms with Crippen LogP contribution in [-0.4, -0.2) is 28.3 Å². The van der Waals surface area contributed by atoms with Crippen molar-refractivity contribution in [2.24, 2.45) is 0 Å². The van der Waals surface area contributed by atoms with Crippen LogP contribution in [-0.2, 0) is 5.79 Å². The summed E-state index contributed by atoms with van der Waals surface area (Å²) >= 11 is 0. The number of rotatable bonds is 4. The molecule has 1 fully saturated rings. The van der Waals surface area contributed by atoms with Crippen LogP contribution >= 0.6 is 0 Å². The quantitative estimate of drug-likeness (QED) is 0.701. The van der Waals surface area contributed by atoms with Crippen molar-refractivity contribution in [3.05, 3.63) is 60.4 Å². The summed E-state index contributed by atoms with van der Waals surface area (Å²) in [5.74, 6) is -1.44. The molecule has 26 heavy (non-hydrogen) atoms. The lowest BCUT2D eigenvalue weighted by Gasteiger charge is -2.17. The van der Waals surface area contributed by atoms with E-state index in [1.54, 1.807) is 24.5 Å². The van der Waals surface area contributed by atoms with Crippen molar-refractivity contribution in [1.29, 1.82) is 0 Å². The molecule has 5 nitrogen and oxygen atoms in total. The topological polar surface area (TPSA) is 69.7 Å². The Morgan fingerprint density at radius 3 is 2.42 bits per heavy atom. The smallest absolute Gasteiger partial charge is 0.226 e. The number of oxazole rings is 1. The molecule has 2 N–H and O–H groups in total. The molecule has 4 rings (SSSR count). The minimum atomic E-state index is -1.89. The number of aliphatic hydroxyl groups is 2. The van der Waals surface area contributed by atoms with Crippen LogP contribution in [0.15, 0.2) is 59.2 Å². The molecule has 1 aliphatic heterocycles. The summed E-state index contributed by atoms with van der Waals surface area (Å²) in [6, 6.07) is 15.3. The Morgan fingerprint density at radius 1 is 1.00 bits per heavy atom. The van der Waals surface area contributed by atoms with E-state index in [9.17, 15) is 10.2 Å². The van der Waals surface area contributed by atoms with Gasteiger partial charge in [0.15, 0.2) is 5.79 Å². The largest absolute Gasteiger partial charge is 0.444 e. The van der Waals surface area contributed by atoms with E-state index in [1.807, 2.05) is 6.07 Å². The lowest BCUT2D eigenvalue weighted by Crippen LogP contribution is -2.19. The van der Waals surface area contributed by atoms with Gasteiger partial charge in [0.2, 0.25) is 5.89 Å². The molecule has 5 heteroatoms. The van der Waals surface area contributed by atoms with Gasteiger partial charge in [-0.05, 0) is 44.0 Å². The molecule has 0 radical (unpaired) electrons. The maximum Gasteiger partial charge on any atom is 0.226 e. The zero-order chi connectivity index (χ0) is 18.1. The van der Waals surface area contributed by atoms with E-state index in [4.69, 9.17) is 4.42 Å². The molecule has 2 heterocycles. The van der Waals surface area contributed by atoms with Crippen molar-refractivity contribution in [1.82, 2.24) is 4.98 Å². The van der Waals surface area contributed by atoms with E-state index in [-0.39, 0.29) is 0 Å². The first-order valence-electron chi connectivity index (χ1n) is 8.87. The summed E-state index contributed by atoms with van der Waals surface area (Å²) < 4.78 is 5.62. The maximum absolute atomic E-state index is 9.76. The van der Waals surface area contributed by atoms with Gasteiger partial charge in [0.1, 0.15) is 12.0 Å². The van der Waals surface area contributed by atoms with Gasteiger partial charge in [-0.1, -0.05) is 24.3 Å². The molecule has 0 aliphatic carbocycles. The highest BCUT2D eigenvalue weighted by Crippen LogP contribution is 2.29. The first kappa shape index (κ1) is 16.8. The monoisotopic (exact) mass is 350 g/mol. The summed E-state index contributed by atoms with van der Waals surface area (Å²) in [7, 11) is 0. The van der Waals surface area contributed by atoms with Crippen molar-refractivity contribution in [3.8, 4) is 22.7 Å². The van der Waals surface area contributed by atoms with Crippen LogP contribution in [0.2, 0.25) is 0 Å². The Bertz CT molecular complexity index is 888. The average molecular weight is 350 g/mol. The molecular weight excluding hydrogens is 328 g/mol. The molecule has 0 amide bonds. The zero-order valence-electron chi connectivity index (χ0n) is 14.7. The summed E-state index contributed by atoms with van der Waals surface area (Å²) in [6.07, 6.45) is 4.15. The number of anilines is 1. The second kappa shape index (κ2) is 6.59. The Morgan fingerprint density at radius 2 is 1.73 bits per heavy atom. The van der Waals surface area contributed by atoms with Crippen LogP contribution in [0.5, 0.6) is 0 Å². The molecule has 1 saturated heterocycles. The van der Waals surface area contributed by atoms with Crippen LogP contribution in [0.25, 0.3) is 22.7 Å². The van der Waals surface area contributed by atoms with Gasteiger partial charge in [0, 0.05) is 35.5 Å². The van der Waals surface area contributed by atoms with Crippen LogP contribution < -0.4 is 4.90 Å². The second-order valence-electron chi connectivity index (χ2n) is 6.88. The Hall–Kier alpha value is -2.63. The van der Waals surface area contributed by atoms with Gasteiger partial charge in [-0.25, -0.2) is 4.98 Å². The van der Waals surface area contributed by atoms with E-state index >= 15 is 0 Å². The van der Waals surface area contributed by atoms with Gasteiger partial charge in [0.25, 0.3) is 0 Å². The van der Waals surface area contributed by atoms with Crippen LogP contribution in [0, 0.1) is 0 Å². The van der Waals surface area contributed by atoms with Crippen LogP contribution in [0.4, 0.5) is 5.69 Å². The minimum absolute atomic E-state index is 0.393. The van der Waals surface area contributed by atoms with Crippen molar-refractivity contribution in [2.45, 2.75) is 25.6 Å². The van der Waals surface area contributed by atoms with Gasteiger partial charge in [-0.3, -0.25) is 0 Å². The zero-order valence-corrected chi connectivity index (χ0v) is 14.7. The lowest BCUT2D eigenvalue weighted by molar-refractivity contribution is -0.152. The fourth-order valence-electron chi connectivity index (χ4n) is 3.30. The predicted octanol–water partition coefficient (Wildman–Crippen LogP) is 3.77. The fraction of sp³-hybridized carbons (Fsp3) is 0.286. The van der Waals surface area contributed by atoms with Gasteiger partial charge < -0.3 is 19.5 Å². The van der Waals surface area contributed by atoms with Gasteiger partial charge in [-0.15, -0.1) is 0 Å². The summed E-state index contributed by atoms with van der Waals surface area (Å²) in [5, 5.41) is 19.5. The molecule has 3 aromatic rings. The SMILES string of the molecule is CC(O)(O)c1cccc(-c2nc(-c3ccc(N4CCCC4)cc3)co2)c1. The molecular formula is C21H22N2O3. The summed E-state index contributed by atoms with van der Waals surface area (Å²) in [4.78, 5) is 6.95. The number of hydrogen-bond donors (Lipinski definition) is 2. The molecule has 0 spiro atoms. The molecule has 2 aromatic carbocycles. The minimum Gasteiger partial charge on any atom is -0.444 e. The van der Waals surface area contributed by atoms with Crippen LogP contribution in [0.3, 0.4) is 0 Å². The van der Waals surface area contributed by atoms with E-state index in [0.29, 0.717) is 17.0 Å². The maximum atomic E-state index is 9.76. The van der Waals surface area contributed by atoms with Crippen molar-refractivity contribution < 1.29 is 14.6 Å². The molecule has 0 saturated carbocycles. The number of benzene rings is 2. The Balaban J connectivity index is 1.58. The van der Waals surface area contributed by atoms with E-state index in [1.165, 1.54) is 25.5 Å². The number of hydrogen-bond acceptors (Lipinski definition) is 5. The number of nitrogens with zero attached hydrogens (tertiary/aromatic N) is 2. The fourth-order valence-corrected chi connectivity index (χ4v) is 3.30. The second-order valence-corrected chi connectivity index (χ2v) is 6.88. The molecule has 0 unspecified atom stereocenters. The van der Waals surface area contributed by atoms with E-state index < -0.39 is 5.79 Å². The third kappa shape index (κ3) is 3.36. The average Bonchev–Trinajstić information content (AvgIpc) is 3.33. The van der Waals surface area contributed by atoms with Gasteiger partial charge in [-0.2, -0.15) is 0 Å². The molecule has 134 valence electrons. The normalized spacial score (nSPS) is 14.8. The Labute approximate surface area is 152 Å². The predicted molar refractivity (Wildman–Crippen MR) is 101 cm³/mol. The molecule has 1 aliphatic rings. The van der Waals surface area contributed by atoms with E-state index in [0.717, 1.165) is 24.3 Å². The Kier molecular flexibility index (Phi) is 4.26. The molecule has 0 atom stereocenters. The van der Waals surface area contributed by atoms with Crippen molar-refractivity contribution in [3.63, 3.8) is 0 Å². The van der Waals surface area contributed by atoms with Crippen molar-refractivity contribution >= 4 is 5.69 Å². The third-order valence-corrected chi connectivity index (χ3v) is 4.79. The number of aromatic nitrogens is 1. The standard InChI is InChI=1S/C21H22N2O3/c1-21(24,25)17-6-4-5-16(13-17)20-22-19(14-26-20)15-7-9-18(10-8-15)23-11-2-3-12-23/h4-10,13-14,24-25H,2-3,11-12H2,1H3. The summed E-state index contributed by atoms with van der Waals surface area (Å²) in [6.45, 7) is 3.58. The van der Waals surface area contributed by atoms with Gasteiger partial charge in [0.05, 0.1) is 0 Å². The highest BCUT2D eigenvalue weighted by Gasteiger charge is 2.20. The first-order chi connectivity index (χ1) is 12.5. The van der Waals surface area contributed by atoms with E-state index in [2.05, 4.69) is 34.1 Å². The molecule has 1 aromatic heterocycles.